The number of carbonyl (C=O) groups is 1. The molecule has 1 fully saturated rings. The van der Waals surface area contributed by atoms with Gasteiger partial charge in [-0.2, -0.15) is 0 Å². The summed E-state index contributed by atoms with van der Waals surface area (Å²) in [7, 11) is 0. The Kier molecular flexibility index (Phi) is 6.49. The van der Waals surface area contributed by atoms with Gasteiger partial charge in [-0.1, -0.05) is 24.6 Å². The minimum Gasteiger partial charge on any atom is -0.368 e. The molecule has 1 saturated heterocycles. The fourth-order valence-corrected chi connectivity index (χ4v) is 4.46. The van der Waals surface area contributed by atoms with Crippen molar-refractivity contribution in [1.29, 1.82) is 0 Å². The van der Waals surface area contributed by atoms with Gasteiger partial charge in [-0.3, -0.25) is 9.78 Å². The molecule has 0 bridgehead atoms. The van der Waals surface area contributed by atoms with Crippen LogP contribution in [0.25, 0.3) is 11.1 Å². The lowest BCUT2D eigenvalue weighted by atomic mass is 9.89. The number of piperidine rings is 1. The van der Waals surface area contributed by atoms with E-state index in [0.717, 1.165) is 47.3 Å². The second-order valence-electron chi connectivity index (χ2n) is 8.66. The first-order chi connectivity index (χ1) is 15.4. The van der Waals surface area contributed by atoms with E-state index in [1.807, 2.05) is 49.1 Å². The molecule has 6 heteroatoms. The van der Waals surface area contributed by atoms with E-state index >= 15 is 0 Å². The summed E-state index contributed by atoms with van der Waals surface area (Å²) in [6.07, 6.45) is 5.03. The van der Waals surface area contributed by atoms with Gasteiger partial charge in [0.15, 0.2) is 0 Å². The molecule has 1 amide bonds. The smallest absolute Gasteiger partial charge is 0.254 e. The third-order valence-corrected chi connectivity index (χ3v) is 6.21. The second-order valence-corrected chi connectivity index (χ2v) is 8.66. The highest BCUT2D eigenvalue weighted by molar-refractivity contribution is 6.01. The Morgan fingerprint density at radius 3 is 2.75 bits per heavy atom. The van der Waals surface area contributed by atoms with Crippen LogP contribution in [0.15, 0.2) is 54.9 Å². The van der Waals surface area contributed by atoms with Crippen molar-refractivity contribution in [2.75, 3.05) is 18.4 Å². The van der Waals surface area contributed by atoms with E-state index in [9.17, 15) is 9.18 Å². The quantitative estimate of drug-likeness (QED) is 0.598. The van der Waals surface area contributed by atoms with Gasteiger partial charge in [-0.05, 0) is 74.1 Å². The topological polar surface area (TPSA) is 58.1 Å². The van der Waals surface area contributed by atoms with Crippen molar-refractivity contribution in [3.05, 3.63) is 77.5 Å². The van der Waals surface area contributed by atoms with Gasteiger partial charge in [-0.25, -0.2) is 9.37 Å². The third-order valence-electron chi connectivity index (χ3n) is 6.21. The number of hydrogen-bond donors (Lipinski definition) is 1. The van der Waals surface area contributed by atoms with E-state index in [1.54, 1.807) is 12.3 Å². The Morgan fingerprint density at radius 1 is 1.16 bits per heavy atom. The van der Waals surface area contributed by atoms with E-state index in [1.165, 1.54) is 12.3 Å². The number of nitrogens with zero attached hydrogens (tertiary/aromatic N) is 3. The highest BCUT2D eigenvalue weighted by Gasteiger charge is 2.33. The van der Waals surface area contributed by atoms with Gasteiger partial charge in [0.05, 0.1) is 12.2 Å². The average Bonchev–Trinajstić information content (AvgIpc) is 2.78. The maximum absolute atomic E-state index is 13.9. The fourth-order valence-electron chi connectivity index (χ4n) is 4.46. The Bertz CT molecular complexity index is 1100. The molecule has 0 radical (unpaired) electrons. The molecule has 5 nitrogen and oxygen atoms in total. The number of aryl methyl sites for hydroxylation is 2. The lowest BCUT2D eigenvalue weighted by Crippen LogP contribution is -2.51. The molecular weight excluding hydrogens is 403 g/mol. The van der Waals surface area contributed by atoms with E-state index < -0.39 is 0 Å². The number of rotatable bonds is 5. The molecule has 1 aliphatic heterocycles. The largest absolute Gasteiger partial charge is 0.368 e. The summed E-state index contributed by atoms with van der Waals surface area (Å²) in [6, 6.07) is 13.1. The number of halogens is 1. The van der Waals surface area contributed by atoms with E-state index in [4.69, 9.17) is 0 Å². The van der Waals surface area contributed by atoms with Crippen LogP contribution in [0, 0.1) is 25.6 Å². The summed E-state index contributed by atoms with van der Waals surface area (Å²) in [4.78, 5) is 24.2. The molecule has 4 rings (SSSR count). The van der Waals surface area contributed by atoms with Gasteiger partial charge < -0.3 is 10.2 Å². The zero-order valence-electron chi connectivity index (χ0n) is 18.8. The minimum atomic E-state index is -0.364. The van der Waals surface area contributed by atoms with Crippen LogP contribution in [0.3, 0.4) is 0 Å². The molecule has 2 atom stereocenters. The molecule has 1 aliphatic rings. The first-order valence-corrected chi connectivity index (χ1v) is 11.1. The maximum atomic E-state index is 13.9. The van der Waals surface area contributed by atoms with Crippen LogP contribution in [0.2, 0.25) is 0 Å². The molecule has 0 spiro atoms. The number of anilines is 1. The molecular formula is C26H29FN4O. The monoisotopic (exact) mass is 432 g/mol. The van der Waals surface area contributed by atoms with E-state index in [2.05, 4.69) is 22.2 Å². The number of likely N-dealkylation sites (tertiary alicyclic amines) is 1. The minimum absolute atomic E-state index is 0.0237. The van der Waals surface area contributed by atoms with E-state index in [0.29, 0.717) is 18.3 Å². The molecule has 0 unspecified atom stereocenters. The second kappa shape index (κ2) is 9.47. The predicted octanol–water partition coefficient (Wildman–Crippen LogP) is 5.25. The van der Waals surface area contributed by atoms with Crippen molar-refractivity contribution in [3.8, 4) is 11.1 Å². The average molecular weight is 433 g/mol. The molecule has 1 N–H and O–H groups in total. The van der Waals surface area contributed by atoms with Crippen LogP contribution in [-0.4, -0.2) is 39.9 Å². The van der Waals surface area contributed by atoms with Crippen LogP contribution in [0.1, 0.15) is 41.4 Å². The number of hydrogen-bond acceptors (Lipinski definition) is 4. The lowest BCUT2D eigenvalue weighted by molar-refractivity contribution is 0.0540. The van der Waals surface area contributed by atoms with Crippen molar-refractivity contribution < 1.29 is 9.18 Å². The summed E-state index contributed by atoms with van der Waals surface area (Å²) in [5, 5.41) is 3.29. The van der Waals surface area contributed by atoms with Crippen molar-refractivity contribution in [2.24, 2.45) is 5.92 Å². The van der Waals surface area contributed by atoms with Crippen LogP contribution >= 0.6 is 0 Å². The van der Waals surface area contributed by atoms with Crippen LogP contribution < -0.4 is 5.32 Å². The first kappa shape index (κ1) is 21.9. The fraction of sp³-hybridized carbons (Fsp3) is 0.346. The summed E-state index contributed by atoms with van der Waals surface area (Å²) in [5.74, 6) is 0.637. The number of benzene rings is 1. The van der Waals surface area contributed by atoms with Crippen LogP contribution in [0.5, 0.6) is 0 Å². The summed E-state index contributed by atoms with van der Waals surface area (Å²) in [6.45, 7) is 7.44. The van der Waals surface area contributed by atoms with Crippen molar-refractivity contribution in [1.82, 2.24) is 14.9 Å². The van der Waals surface area contributed by atoms with Gasteiger partial charge in [0.1, 0.15) is 11.6 Å². The Hall–Kier alpha value is -3.28. The molecule has 166 valence electrons. The number of nitrogens with one attached hydrogen (secondary N) is 1. The molecule has 3 heterocycles. The lowest BCUT2D eigenvalue weighted by Gasteiger charge is -2.40. The summed E-state index contributed by atoms with van der Waals surface area (Å²) in [5.41, 5.74) is 4.61. The van der Waals surface area contributed by atoms with Crippen molar-refractivity contribution in [3.63, 3.8) is 0 Å². The van der Waals surface area contributed by atoms with Crippen LogP contribution in [-0.2, 0) is 0 Å². The van der Waals surface area contributed by atoms with Gasteiger partial charge >= 0.3 is 0 Å². The molecule has 3 aromatic rings. The van der Waals surface area contributed by atoms with E-state index in [-0.39, 0.29) is 17.8 Å². The van der Waals surface area contributed by atoms with Crippen molar-refractivity contribution in [2.45, 2.75) is 39.7 Å². The maximum Gasteiger partial charge on any atom is 0.254 e. The van der Waals surface area contributed by atoms with Gasteiger partial charge in [0.25, 0.3) is 5.91 Å². The number of pyridine rings is 2. The first-order valence-electron chi connectivity index (χ1n) is 11.1. The van der Waals surface area contributed by atoms with Gasteiger partial charge in [0, 0.05) is 30.5 Å². The number of carbonyl (C=O) groups excluding carboxylic acids is 1. The Morgan fingerprint density at radius 2 is 2.00 bits per heavy atom. The normalized spacial score (nSPS) is 18.4. The zero-order valence-corrected chi connectivity index (χ0v) is 18.8. The standard InChI is InChI=1S/C26H29FN4O/c1-17-6-8-22(20-10-11-28-19(3)14-20)23(13-17)26(32)31-12-4-5-18(2)24(31)16-30-25-9-7-21(27)15-29-25/h6-11,13-15,18,24H,4-5,12,16H2,1-3H3,(H,29,30)/t18-,24-/m1/s1. The third kappa shape index (κ3) is 4.79. The van der Waals surface area contributed by atoms with Gasteiger partial charge in [-0.15, -0.1) is 0 Å². The summed E-state index contributed by atoms with van der Waals surface area (Å²) >= 11 is 0. The highest BCUT2D eigenvalue weighted by atomic mass is 19.1. The molecule has 0 aliphatic carbocycles. The number of aromatic nitrogens is 2. The number of amides is 1. The SMILES string of the molecule is Cc1ccc(-c2ccnc(C)c2)c(C(=O)N2CCC[C@@H](C)[C@H]2CNc2ccc(F)cn2)c1. The predicted molar refractivity (Wildman–Crippen MR) is 125 cm³/mol. The summed E-state index contributed by atoms with van der Waals surface area (Å²) < 4.78 is 13.2. The molecule has 32 heavy (non-hydrogen) atoms. The van der Waals surface area contributed by atoms with Gasteiger partial charge in [0.2, 0.25) is 0 Å². The Balaban J connectivity index is 1.63. The molecule has 0 saturated carbocycles. The van der Waals surface area contributed by atoms with Crippen molar-refractivity contribution >= 4 is 11.7 Å². The Labute approximate surface area is 188 Å². The van der Waals surface area contributed by atoms with Crippen LogP contribution in [0.4, 0.5) is 10.2 Å². The molecule has 1 aromatic carbocycles. The zero-order chi connectivity index (χ0) is 22.7. The molecule has 2 aromatic heterocycles. The highest BCUT2D eigenvalue weighted by Crippen LogP contribution is 2.30.